The summed E-state index contributed by atoms with van der Waals surface area (Å²) in [7, 11) is 0. The van der Waals surface area contributed by atoms with Crippen molar-refractivity contribution in [3.05, 3.63) is 12.7 Å². The lowest BCUT2D eigenvalue weighted by atomic mass is 9.92. The lowest BCUT2D eigenvalue weighted by molar-refractivity contribution is 0.129. The maximum absolute atomic E-state index is 9.78. The van der Waals surface area contributed by atoms with Crippen molar-refractivity contribution in [1.29, 1.82) is 0 Å². The first-order chi connectivity index (χ1) is 6.83. The molecule has 0 aromatic heterocycles. The van der Waals surface area contributed by atoms with Crippen molar-refractivity contribution < 1.29 is 5.11 Å². The van der Waals surface area contributed by atoms with Gasteiger partial charge in [-0.25, -0.2) is 0 Å². The van der Waals surface area contributed by atoms with Gasteiger partial charge < -0.3 is 5.11 Å². The summed E-state index contributed by atoms with van der Waals surface area (Å²) in [6.07, 6.45) is 12.9. The van der Waals surface area contributed by atoms with Crippen LogP contribution in [0, 0.1) is 5.92 Å². The van der Waals surface area contributed by atoms with Gasteiger partial charge in [0.15, 0.2) is 0 Å². The first kappa shape index (κ1) is 11.8. The third-order valence-electron chi connectivity index (χ3n) is 3.28. The Labute approximate surface area is 88.2 Å². The summed E-state index contributed by atoms with van der Waals surface area (Å²) >= 11 is 0. The summed E-state index contributed by atoms with van der Waals surface area (Å²) < 4.78 is 0. The van der Waals surface area contributed by atoms with Gasteiger partial charge in [-0.1, -0.05) is 44.6 Å². The first-order valence-corrected chi connectivity index (χ1v) is 6.12. The average molecular weight is 196 g/mol. The molecule has 1 unspecified atom stereocenters. The van der Waals surface area contributed by atoms with Gasteiger partial charge in [-0.2, -0.15) is 0 Å². The highest BCUT2D eigenvalue weighted by Crippen LogP contribution is 2.27. The van der Waals surface area contributed by atoms with Gasteiger partial charge in [0.2, 0.25) is 0 Å². The van der Waals surface area contributed by atoms with Crippen LogP contribution in [0.15, 0.2) is 12.7 Å². The fraction of sp³-hybridized carbons (Fsp3) is 0.846. The van der Waals surface area contributed by atoms with Crippen LogP contribution in [0.2, 0.25) is 0 Å². The molecule has 0 heterocycles. The lowest BCUT2D eigenvalue weighted by Gasteiger charge is -2.17. The summed E-state index contributed by atoms with van der Waals surface area (Å²) in [5.41, 5.74) is 0. The van der Waals surface area contributed by atoms with Crippen LogP contribution in [0.5, 0.6) is 0 Å². The summed E-state index contributed by atoms with van der Waals surface area (Å²) in [5.74, 6) is 0.789. The summed E-state index contributed by atoms with van der Waals surface area (Å²) in [4.78, 5) is 0. The molecular weight excluding hydrogens is 172 g/mol. The van der Waals surface area contributed by atoms with E-state index >= 15 is 0 Å². The molecule has 1 saturated carbocycles. The maximum atomic E-state index is 9.78. The van der Waals surface area contributed by atoms with Crippen molar-refractivity contribution in [2.75, 3.05) is 0 Å². The molecule has 0 saturated heterocycles. The minimum Gasteiger partial charge on any atom is -0.393 e. The monoisotopic (exact) mass is 196 g/mol. The molecule has 1 aliphatic rings. The van der Waals surface area contributed by atoms with Crippen LogP contribution in [-0.4, -0.2) is 11.2 Å². The number of hydrogen-bond donors (Lipinski definition) is 1. The van der Waals surface area contributed by atoms with E-state index < -0.39 is 0 Å². The van der Waals surface area contributed by atoms with E-state index in [4.69, 9.17) is 0 Å². The largest absolute Gasteiger partial charge is 0.393 e. The Kier molecular flexibility index (Phi) is 5.93. The summed E-state index contributed by atoms with van der Waals surface area (Å²) in [6.45, 7) is 3.68. The predicted octanol–water partition coefficient (Wildman–Crippen LogP) is 3.67. The molecule has 1 atom stereocenters. The van der Waals surface area contributed by atoms with Crippen LogP contribution in [0.1, 0.15) is 57.8 Å². The quantitative estimate of drug-likeness (QED) is 0.525. The van der Waals surface area contributed by atoms with E-state index in [9.17, 15) is 5.11 Å². The molecular formula is C13H24O. The Morgan fingerprint density at radius 2 is 1.86 bits per heavy atom. The fourth-order valence-corrected chi connectivity index (χ4v) is 2.41. The van der Waals surface area contributed by atoms with Crippen LogP contribution in [0.25, 0.3) is 0 Å². The third-order valence-corrected chi connectivity index (χ3v) is 3.28. The number of allylic oxidation sites excluding steroid dienone is 1. The van der Waals surface area contributed by atoms with Crippen LogP contribution in [-0.2, 0) is 0 Å². The third kappa shape index (κ3) is 4.80. The second-order valence-corrected chi connectivity index (χ2v) is 4.61. The Morgan fingerprint density at radius 1 is 1.21 bits per heavy atom. The fourth-order valence-electron chi connectivity index (χ4n) is 2.41. The highest BCUT2D eigenvalue weighted by Gasteiger charge is 2.15. The van der Waals surface area contributed by atoms with E-state index in [-0.39, 0.29) is 6.10 Å². The smallest absolute Gasteiger partial charge is 0.0545 e. The van der Waals surface area contributed by atoms with Gasteiger partial charge >= 0.3 is 0 Å². The van der Waals surface area contributed by atoms with Gasteiger partial charge in [-0.05, 0) is 25.2 Å². The minimum atomic E-state index is -0.0869. The van der Waals surface area contributed by atoms with Gasteiger partial charge in [0, 0.05) is 0 Å². The summed E-state index contributed by atoms with van der Waals surface area (Å²) in [6, 6.07) is 0. The van der Waals surface area contributed by atoms with Crippen LogP contribution >= 0.6 is 0 Å². The van der Waals surface area contributed by atoms with Crippen molar-refractivity contribution in [3.63, 3.8) is 0 Å². The highest BCUT2D eigenvalue weighted by molar-refractivity contribution is 4.73. The molecule has 1 rings (SSSR count). The van der Waals surface area contributed by atoms with Crippen molar-refractivity contribution in [3.8, 4) is 0 Å². The van der Waals surface area contributed by atoms with Gasteiger partial charge in [-0.3, -0.25) is 0 Å². The standard InChI is InChI=1S/C13H24O/c1-2-3-10-13(14)11-12-8-6-4-5-7-9-12/h2,12-14H,1,3-11H2. The number of aliphatic hydroxyl groups is 1. The van der Waals surface area contributed by atoms with E-state index in [2.05, 4.69) is 6.58 Å². The molecule has 0 bridgehead atoms. The van der Waals surface area contributed by atoms with Crippen molar-refractivity contribution >= 4 is 0 Å². The van der Waals surface area contributed by atoms with Crippen molar-refractivity contribution in [2.45, 2.75) is 63.9 Å². The van der Waals surface area contributed by atoms with E-state index in [1.165, 1.54) is 38.5 Å². The normalized spacial score (nSPS) is 21.5. The predicted molar refractivity (Wildman–Crippen MR) is 61.2 cm³/mol. The molecule has 14 heavy (non-hydrogen) atoms. The average Bonchev–Trinajstić information content (AvgIpc) is 2.43. The van der Waals surface area contributed by atoms with Crippen LogP contribution in [0.3, 0.4) is 0 Å². The van der Waals surface area contributed by atoms with E-state index in [0.717, 1.165) is 25.2 Å². The molecule has 0 aromatic rings. The van der Waals surface area contributed by atoms with Crippen LogP contribution in [0.4, 0.5) is 0 Å². The Hall–Kier alpha value is -0.300. The zero-order valence-corrected chi connectivity index (χ0v) is 9.25. The zero-order chi connectivity index (χ0) is 10.2. The van der Waals surface area contributed by atoms with E-state index in [0.29, 0.717) is 0 Å². The molecule has 1 nitrogen and oxygen atoms in total. The Morgan fingerprint density at radius 3 is 2.43 bits per heavy atom. The number of rotatable bonds is 5. The van der Waals surface area contributed by atoms with Crippen LogP contribution < -0.4 is 0 Å². The summed E-state index contributed by atoms with van der Waals surface area (Å²) in [5, 5.41) is 9.78. The van der Waals surface area contributed by atoms with E-state index in [1.807, 2.05) is 6.08 Å². The lowest BCUT2D eigenvalue weighted by Crippen LogP contribution is -2.13. The molecule has 1 heteroatoms. The SMILES string of the molecule is C=CCCC(O)CC1CCCCCC1. The zero-order valence-electron chi connectivity index (χ0n) is 9.25. The molecule has 0 aromatic carbocycles. The van der Waals surface area contributed by atoms with Gasteiger partial charge in [0.25, 0.3) is 0 Å². The molecule has 82 valence electrons. The van der Waals surface area contributed by atoms with Crippen molar-refractivity contribution in [2.24, 2.45) is 5.92 Å². The molecule has 0 aliphatic heterocycles. The highest BCUT2D eigenvalue weighted by atomic mass is 16.3. The minimum absolute atomic E-state index is 0.0869. The number of hydrogen-bond acceptors (Lipinski definition) is 1. The second-order valence-electron chi connectivity index (χ2n) is 4.61. The Balaban J connectivity index is 2.16. The molecule has 0 radical (unpaired) electrons. The number of aliphatic hydroxyl groups excluding tert-OH is 1. The van der Waals surface area contributed by atoms with Gasteiger partial charge in [0.1, 0.15) is 0 Å². The molecule has 0 spiro atoms. The second kappa shape index (κ2) is 7.05. The van der Waals surface area contributed by atoms with Gasteiger partial charge in [-0.15, -0.1) is 6.58 Å². The molecule has 0 amide bonds. The molecule has 1 aliphatic carbocycles. The van der Waals surface area contributed by atoms with Gasteiger partial charge in [0.05, 0.1) is 6.10 Å². The Bertz CT molecular complexity index is 145. The molecule has 1 N–H and O–H groups in total. The maximum Gasteiger partial charge on any atom is 0.0545 e. The first-order valence-electron chi connectivity index (χ1n) is 6.12. The van der Waals surface area contributed by atoms with Crippen molar-refractivity contribution in [1.82, 2.24) is 0 Å². The topological polar surface area (TPSA) is 20.2 Å². The molecule has 1 fully saturated rings. The van der Waals surface area contributed by atoms with E-state index in [1.54, 1.807) is 0 Å².